The first-order chi connectivity index (χ1) is 17.2. The predicted octanol–water partition coefficient (Wildman–Crippen LogP) is 0.904. The molecule has 0 aliphatic rings. The molecular weight excluding hydrogens is 486 g/mol. The normalized spacial score (nSPS) is 12.8. The van der Waals surface area contributed by atoms with E-state index < -0.39 is 60.2 Å². The van der Waals surface area contributed by atoms with Crippen molar-refractivity contribution in [1.29, 1.82) is 0 Å². The number of aryl methyl sites for hydroxylation is 1. The molecule has 13 nitrogen and oxygen atoms in total. The van der Waals surface area contributed by atoms with Crippen LogP contribution in [0.1, 0.15) is 45.6 Å². The molecule has 1 unspecified atom stereocenters. The Morgan fingerprint density at radius 1 is 1.03 bits per heavy atom. The highest BCUT2D eigenvalue weighted by Gasteiger charge is 2.30. The Bertz CT molecular complexity index is 1140. The van der Waals surface area contributed by atoms with Crippen LogP contribution in [0.15, 0.2) is 30.5 Å². The third kappa shape index (κ3) is 10.1. The number of ether oxygens (including phenoxy) is 1. The Hall–Kier alpha value is -4.29. The lowest BCUT2D eigenvalue weighted by Crippen LogP contribution is -2.53. The molecule has 0 saturated heterocycles. The Morgan fingerprint density at radius 3 is 2.24 bits per heavy atom. The highest BCUT2D eigenvalue weighted by Crippen LogP contribution is 2.16. The van der Waals surface area contributed by atoms with Crippen molar-refractivity contribution in [3.63, 3.8) is 0 Å². The lowest BCUT2D eigenvalue weighted by molar-refractivity contribution is -0.156. The average molecular weight is 518 g/mol. The fourth-order valence-electron chi connectivity index (χ4n) is 3.18. The van der Waals surface area contributed by atoms with Crippen LogP contribution >= 0.6 is 0 Å². The largest absolute Gasteiger partial charge is 0.481 e. The van der Waals surface area contributed by atoms with Crippen LogP contribution in [0.2, 0.25) is 0 Å². The van der Waals surface area contributed by atoms with Gasteiger partial charge in [-0.05, 0) is 34.1 Å². The molecule has 4 N–H and O–H groups in total. The number of carboxylic acids is 2. The number of benzene rings is 1. The van der Waals surface area contributed by atoms with Crippen molar-refractivity contribution in [3.8, 4) is 11.3 Å². The van der Waals surface area contributed by atoms with Crippen LogP contribution in [0.3, 0.4) is 0 Å². The van der Waals surface area contributed by atoms with E-state index in [4.69, 9.17) is 9.84 Å². The van der Waals surface area contributed by atoms with E-state index in [1.807, 2.05) is 31.2 Å². The van der Waals surface area contributed by atoms with Gasteiger partial charge in [0, 0.05) is 12.0 Å². The maximum atomic E-state index is 12.8. The van der Waals surface area contributed by atoms with Crippen molar-refractivity contribution in [2.75, 3.05) is 0 Å². The van der Waals surface area contributed by atoms with E-state index in [0.29, 0.717) is 5.69 Å². The summed E-state index contributed by atoms with van der Waals surface area (Å²) in [5, 5.41) is 30.7. The number of aliphatic carboxylic acids is 2. The molecule has 0 aliphatic heterocycles. The molecule has 0 radical (unpaired) electrons. The number of carbonyl (C=O) groups is 5. The lowest BCUT2D eigenvalue weighted by atomic mass is 10.1. The second-order valence-electron chi connectivity index (χ2n) is 9.41. The Morgan fingerprint density at radius 2 is 1.68 bits per heavy atom. The van der Waals surface area contributed by atoms with Gasteiger partial charge in [0.2, 0.25) is 11.8 Å². The number of hydrogen-bond acceptors (Lipinski definition) is 8. The maximum Gasteiger partial charge on any atom is 0.326 e. The molecule has 0 spiro atoms. The monoisotopic (exact) mass is 517 g/mol. The minimum atomic E-state index is -1.53. The number of aromatic nitrogens is 3. The second kappa shape index (κ2) is 12.6. The third-order valence-electron chi connectivity index (χ3n) is 4.90. The minimum Gasteiger partial charge on any atom is -0.481 e. The number of nitrogens with zero attached hydrogens (tertiary/aromatic N) is 3. The molecule has 2 amide bonds. The standard InChI is InChI=1S/C24H31N5O8/c1-14-5-7-15(8-6-14)18-12-29(28-27-18)13-19(30)25-17(11-21(33)37-24(2,3)4)22(34)26-16(23(35)36)9-10-20(31)32/h5-8,12,16-17H,9-11,13H2,1-4H3,(H,25,30)(H,26,34)(H,31,32)(H,35,36)/t16?,17-/m0/s1. The average Bonchev–Trinajstić information content (AvgIpc) is 3.23. The zero-order valence-corrected chi connectivity index (χ0v) is 21.1. The molecular formula is C24H31N5O8. The van der Waals surface area contributed by atoms with Gasteiger partial charge in [0.05, 0.1) is 12.6 Å². The van der Waals surface area contributed by atoms with Crippen LogP contribution in [0.25, 0.3) is 11.3 Å². The maximum absolute atomic E-state index is 12.8. The predicted molar refractivity (Wildman–Crippen MR) is 129 cm³/mol. The van der Waals surface area contributed by atoms with E-state index in [0.717, 1.165) is 11.1 Å². The van der Waals surface area contributed by atoms with Gasteiger partial charge in [0.15, 0.2) is 0 Å². The van der Waals surface area contributed by atoms with E-state index in [1.165, 1.54) is 4.68 Å². The fourth-order valence-corrected chi connectivity index (χ4v) is 3.18. The molecule has 0 saturated carbocycles. The third-order valence-corrected chi connectivity index (χ3v) is 4.90. The van der Waals surface area contributed by atoms with Crippen LogP contribution < -0.4 is 10.6 Å². The highest BCUT2D eigenvalue weighted by atomic mass is 16.6. The Labute approximate surface area is 213 Å². The van der Waals surface area contributed by atoms with Gasteiger partial charge >= 0.3 is 17.9 Å². The van der Waals surface area contributed by atoms with Gasteiger partial charge in [-0.1, -0.05) is 35.0 Å². The molecule has 37 heavy (non-hydrogen) atoms. The SMILES string of the molecule is Cc1ccc(-c2cn(CC(=O)N[C@@H](CC(=O)OC(C)(C)C)C(=O)NC(CCC(=O)O)C(=O)O)nn2)cc1. The number of hydrogen-bond donors (Lipinski definition) is 4. The summed E-state index contributed by atoms with van der Waals surface area (Å²) in [7, 11) is 0. The molecule has 0 fully saturated rings. The molecule has 13 heteroatoms. The molecule has 1 aromatic heterocycles. The summed E-state index contributed by atoms with van der Waals surface area (Å²) in [6, 6.07) is 4.51. The van der Waals surface area contributed by atoms with Gasteiger partial charge in [-0.15, -0.1) is 5.10 Å². The van der Waals surface area contributed by atoms with Crippen molar-refractivity contribution in [1.82, 2.24) is 25.6 Å². The highest BCUT2D eigenvalue weighted by molar-refractivity contribution is 5.93. The molecule has 0 aliphatic carbocycles. The lowest BCUT2D eigenvalue weighted by Gasteiger charge is -2.23. The number of nitrogens with one attached hydrogen (secondary N) is 2. The second-order valence-corrected chi connectivity index (χ2v) is 9.41. The molecule has 1 heterocycles. The Kier molecular flexibility index (Phi) is 9.86. The molecule has 2 aromatic rings. The molecule has 0 bridgehead atoms. The van der Waals surface area contributed by atoms with Crippen LogP contribution in [-0.4, -0.2) is 72.6 Å². The van der Waals surface area contributed by atoms with Crippen LogP contribution in [0, 0.1) is 6.92 Å². The zero-order valence-electron chi connectivity index (χ0n) is 21.1. The summed E-state index contributed by atoms with van der Waals surface area (Å²) in [6.45, 7) is 6.49. The van der Waals surface area contributed by atoms with Crippen molar-refractivity contribution < 1.29 is 38.9 Å². The minimum absolute atomic E-state index is 0.335. The summed E-state index contributed by atoms with van der Waals surface area (Å²) >= 11 is 0. The van der Waals surface area contributed by atoms with Crippen molar-refractivity contribution in [2.45, 2.75) is 71.2 Å². The zero-order chi connectivity index (χ0) is 27.8. The van der Waals surface area contributed by atoms with Crippen LogP contribution in [-0.2, 0) is 35.3 Å². The van der Waals surface area contributed by atoms with E-state index in [9.17, 15) is 29.1 Å². The van der Waals surface area contributed by atoms with Crippen molar-refractivity contribution in [3.05, 3.63) is 36.0 Å². The summed E-state index contributed by atoms with van der Waals surface area (Å²) in [4.78, 5) is 60.2. The van der Waals surface area contributed by atoms with Gasteiger partial charge in [0.25, 0.3) is 0 Å². The first kappa shape index (κ1) is 28.9. The number of carbonyl (C=O) groups excluding carboxylic acids is 3. The van der Waals surface area contributed by atoms with Gasteiger partial charge in [-0.25, -0.2) is 9.48 Å². The van der Waals surface area contributed by atoms with Gasteiger partial charge < -0.3 is 25.6 Å². The summed E-state index contributed by atoms with van der Waals surface area (Å²) in [5.74, 6) is -5.16. The van der Waals surface area contributed by atoms with E-state index >= 15 is 0 Å². The van der Waals surface area contributed by atoms with Gasteiger partial charge in [-0.2, -0.15) is 0 Å². The Balaban J connectivity index is 2.13. The van der Waals surface area contributed by atoms with Crippen LogP contribution in [0.4, 0.5) is 0 Å². The fraction of sp³-hybridized carbons (Fsp3) is 0.458. The number of carboxylic acid groups (broad SMARTS) is 2. The summed E-state index contributed by atoms with van der Waals surface area (Å²) < 4.78 is 6.47. The van der Waals surface area contributed by atoms with Gasteiger partial charge in [-0.3, -0.25) is 19.2 Å². The van der Waals surface area contributed by atoms with Crippen LogP contribution in [0.5, 0.6) is 0 Å². The molecule has 2 rings (SSSR count). The number of amides is 2. The summed E-state index contributed by atoms with van der Waals surface area (Å²) in [5.41, 5.74) is 1.53. The van der Waals surface area contributed by atoms with E-state index in [-0.39, 0.29) is 13.0 Å². The van der Waals surface area contributed by atoms with Crippen molar-refractivity contribution in [2.24, 2.45) is 0 Å². The molecule has 1 aromatic carbocycles. The number of esters is 1. The first-order valence-electron chi connectivity index (χ1n) is 11.5. The van der Waals surface area contributed by atoms with Crippen molar-refractivity contribution >= 4 is 29.7 Å². The first-order valence-corrected chi connectivity index (χ1v) is 11.5. The van der Waals surface area contributed by atoms with E-state index in [2.05, 4.69) is 20.9 Å². The quantitative estimate of drug-likeness (QED) is 0.294. The van der Waals surface area contributed by atoms with E-state index in [1.54, 1.807) is 27.0 Å². The number of rotatable bonds is 12. The van der Waals surface area contributed by atoms with Gasteiger partial charge in [0.1, 0.15) is 29.9 Å². The summed E-state index contributed by atoms with van der Waals surface area (Å²) in [6.07, 6.45) is 0.0752. The smallest absolute Gasteiger partial charge is 0.326 e. The molecule has 2 atom stereocenters. The molecule has 200 valence electrons. The topological polar surface area (TPSA) is 190 Å².